The molecule has 0 aliphatic carbocycles. The van der Waals surface area contributed by atoms with Crippen molar-refractivity contribution in [1.29, 1.82) is 0 Å². The van der Waals surface area contributed by atoms with Crippen LogP contribution < -0.4 is 5.32 Å². The number of carbonyl (C=O) groups excluding carboxylic acids is 1. The highest BCUT2D eigenvalue weighted by atomic mass is 35.5. The third-order valence-corrected chi connectivity index (χ3v) is 3.99. The number of benzene rings is 2. The Bertz CT molecular complexity index is 837. The summed E-state index contributed by atoms with van der Waals surface area (Å²) in [7, 11) is 0. The SMILES string of the molecule is CC(C)(Cc1cc(C(=O)Nc2ccc(F)c(Cl)c2)ccc1F)C(=O)O. The number of aliphatic carboxylic acids is 1. The van der Waals surface area contributed by atoms with Crippen LogP contribution in [0.4, 0.5) is 14.5 Å². The minimum Gasteiger partial charge on any atom is -0.481 e. The van der Waals surface area contributed by atoms with Gasteiger partial charge in [-0.3, -0.25) is 9.59 Å². The number of hydrogen-bond acceptors (Lipinski definition) is 2. The molecule has 1 amide bonds. The van der Waals surface area contributed by atoms with Gasteiger partial charge < -0.3 is 10.4 Å². The largest absolute Gasteiger partial charge is 0.481 e. The predicted octanol–water partition coefficient (Wildman–Crippen LogP) is 4.52. The van der Waals surface area contributed by atoms with Crippen LogP contribution in [0.15, 0.2) is 36.4 Å². The smallest absolute Gasteiger partial charge is 0.309 e. The van der Waals surface area contributed by atoms with E-state index in [-0.39, 0.29) is 28.3 Å². The van der Waals surface area contributed by atoms with Crippen molar-refractivity contribution >= 4 is 29.2 Å². The first-order valence-electron chi connectivity index (χ1n) is 7.38. The highest BCUT2D eigenvalue weighted by Gasteiger charge is 2.29. The van der Waals surface area contributed by atoms with Gasteiger partial charge in [0, 0.05) is 11.3 Å². The average Bonchev–Trinajstić information content (AvgIpc) is 2.52. The van der Waals surface area contributed by atoms with Gasteiger partial charge in [-0.1, -0.05) is 11.6 Å². The maximum Gasteiger partial charge on any atom is 0.309 e. The minimum atomic E-state index is -1.18. The summed E-state index contributed by atoms with van der Waals surface area (Å²) < 4.78 is 27.1. The second-order valence-electron chi connectivity index (χ2n) is 6.26. The minimum absolute atomic E-state index is 0.0718. The average molecular weight is 368 g/mol. The quantitative estimate of drug-likeness (QED) is 0.816. The zero-order valence-corrected chi connectivity index (χ0v) is 14.3. The van der Waals surface area contributed by atoms with E-state index in [2.05, 4.69) is 5.32 Å². The molecule has 0 heterocycles. The molecule has 0 unspecified atom stereocenters. The summed E-state index contributed by atoms with van der Waals surface area (Å²) in [4.78, 5) is 23.5. The predicted molar refractivity (Wildman–Crippen MR) is 90.9 cm³/mol. The first kappa shape index (κ1) is 18.9. The van der Waals surface area contributed by atoms with Crippen molar-refractivity contribution in [3.05, 3.63) is 64.2 Å². The van der Waals surface area contributed by atoms with Crippen LogP contribution in [-0.2, 0) is 11.2 Å². The standard InChI is InChI=1S/C18H16ClF2NO3/c1-18(2,17(24)25)9-11-7-10(3-5-14(11)20)16(23)22-12-4-6-15(21)13(19)8-12/h3-8H,9H2,1-2H3,(H,22,23)(H,24,25). The van der Waals surface area contributed by atoms with Gasteiger partial charge in [0.1, 0.15) is 11.6 Å². The van der Waals surface area contributed by atoms with E-state index in [9.17, 15) is 23.5 Å². The fraction of sp³-hybridized carbons (Fsp3) is 0.222. The van der Waals surface area contributed by atoms with Gasteiger partial charge in [-0.2, -0.15) is 0 Å². The molecule has 4 nitrogen and oxygen atoms in total. The normalized spacial score (nSPS) is 11.2. The van der Waals surface area contributed by atoms with E-state index in [4.69, 9.17) is 11.6 Å². The number of rotatable bonds is 5. The molecule has 0 fully saturated rings. The summed E-state index contributed by atoms with van der Waals surface area (Å²) in [5.74, 6) is -2.81. The number of carboxylic acid groups (broad SMARTS) is 1. The lowest BCUT2D eigenvalue weighted by molar-refractivity contribution is -0.146. The molecule has 0 aromatic heterocycles. The van der Waals surface area contributed by atoms with Crippen LogP contribution >= 0.6 is 11.6 Å². The summed E-state index contributed by atoms with van der Waals surface area (Å²) in [5.41, 5.74) is -0.621. The molecule has 0 aliphatic heterocycles. The second kappa shape index (κ2) is 7.19. The van der Waals surface area contributed by atoms with Crippen LogP contribution in [0.5, 0.6) is 0 Å². The molecule has 0 atom stereocenters. The molecule has 0 spiro atoms. The van der Waals surface area contributed by atoms with Crippen LogP contribution in [0.2, 0.25) is 5.02 Å². The lowest BCUT2D eigenvalue weighted by atomic mass is 9.85. The zero-order chi connectivity index (χ0) is 18.8. The van der Waals surface area contributed by atoms with Crippen LogP contribution in [0.1, 0.15) is 29.8 Å². The molecule has 7 heteroatoms. The lowest BCUT2D eigenvalue weighted by Crippen LogP contribution is -2.26. The lowest BCUT2D eigenvalue weighted by Gasteiger charge is -2.19. The van der Waals surface area contributed by atoms with Crippen molar-refractivity contribution in [2.45, 2.75) is 20.3 Å². The summed E-state index contributed by atoms with van der Waals surface area (Å²) in [6.07, 6.45) is -0.0718. The molecule has 132 valence electrons. The van der Waals surface area contributed by atoms with E-state index in [0.29, 0.717) is 0 Å². The van der Waals surface area contributed by atoms with E-state index in [1.807, 2.05) is 0 Å². The fourth-order valence-electron chi connectivity index (χ4n) is 2.18. The molecule has 2 rings (SSSR count). The Labute approximate surface area is 148 Å². The van der Waals surface area contributed by atoms with Gasteiger partial charge in [0.25, 0.3) is 5.91 Å². The Hall–Kier alpha value is -2.47. The summed E-state index contributed by atoms with van der Waals surface area (Å²) in [6, 6.07) is 7.42. The van der Waals surface area contributed by atoms with Crippen molar-refractivity contribution in [2.24, 2.45) is 5.41 Å². The number of carboxylic acids is 1. The molecule has 25 heavy (non-hydrogen) atoms. The van der Waals surface area contributed by atoms with Crippen molar-refractivity contribution in [3.8, 4) is 0 Å². The van der Waals surface area contributed by atoms with Crippen molar-refractivity contribution < 1.29 is 23.5 Å². The summed E-state index contributed by atoms with van der Waals surface area (Å²) >= 11 is 5.66. The molecule has 0 aliphatic rings. The maximum atomic E-state index is 14.0. The van der Waals surface area contributed by atoms with Gasteiger partial charge in [-0.15, -0.1) is 0 Å². The van der Waals surface area contributed by atoms with Crippen molar-refractivity contribution in [3.63, 3.8) is 0 Å². The molecule has 0 saturated heterocycles. The van der Waals surface area contributed by atoms with E-state index >= 15 is 0 Å². The Morgan fingerprint density at radius 3 is 2.36 bits per heavy atom. The van der Waals surface area contributed by atoms with E-state index in [1.165, 1.54) is 38.1 Å². The highest BCUT2D eigenvalue weighted by Crippen LogP contribution is 2.25. The molecular weight excluding hydrogens is 352 g/mol. The van der Waals surface area contributed by atoms with E-state index in [1.54, 1.807) is 0 Å². The topological polar surface area (TPSA) is 66.4 Å². The third-order valence-electron chi connectivity index (χ3n) is 3.70. The first-order valence-corrected chi connectivity index (χ1v) is 7.76. The van der Waals surface area contributed by atoms with Crippen molar-refractivity contribution in [2.75, 3.05) is 5.32 Å². The summed E-state index contributed by atoms with van der Waals surface area (Å²) in [6.45, 7) is 2.95. The number of nitrogens with one attached hydrogen (secondary N) is 1. The number of amides is 1. The van der Waals surface area contributed by atoms with Gasteiger partial charge in [0.15, 0.2) is 0 Å². The Morgan fingerprint density at radius 1 is 1.12 bits per heavy atom. The second-order valence-corrected chi connectivity index (χ2v) is 6.66. The first-order chi connectivity index (χ1) is 11.6. The molecule has 0 bridgehead atoms. The Morgan fingerprint density at radius 2 is 1.76 bits per heavy atom. The molecule has 0 radical (unpaired) electrons. The number of carbonyl (C=O) groups is 2. The van der Waals surface area contributed by atoms with Crippen molar-refractivity contribution in [1.82, 2.24) is 0 Å². The zero-order valence-electron chi connectivity index (χ0n) is 13.6. The molecular formula is C18H16ClF2NO3. The maximum absolute atomic E-state index is 14.0. The van der Waals surface area contributed by atoms with Crippen LogP contribution in [0.25, 0.3) is 0 Å². The highest BCUT2D eigenvalue weighted by molar-refractivity contribution is 6.31. The van der Waals surface area contributed by atoms with E-state index < -0.39 is 28.9 Å². The van der Waals surface area contributed by atoms with Gasteiger partial charge >= 0.3 is 5.97 Å². The fourth-order valence-corrected chi connectivity index (χ4v) is 2.36. The molecule has 2 N–H and O–H groups in total. The molecule has 2 aromatic rings. The third kappa shape index (κ3) is 4.54. The van der Waals surface area contributed by atoms with E-state index in [0.717, 1.165) is 12.1 Å². The van der Waals surface area contributed by atoms with Crippen LogP contribution in [0.3, 0.4) is 0 Å². The van der Waals surface area contributed by atoms with Gasteiger partial charge in [0.05, 0.1) is 10.4 Å². The Balaban J connectivity index is 2.24. The van der Waals surface area contributed by atoms with Gasteiger partial charge in [-0.05, 0) is 62.2 Å². The van der Waals surface area contributed by atoms with Gasteiger partial charge in [0.2, 0.25) is 0 Å². The summed E-state index contributed by atoms with van der Waals surface area (Å²) in [5, 5.41) is 11.6. The van der Waals surface area contributed by atoms with Gasteiger partial charge in [-0.25, -0.2) is 8.78 Å². The molecule has 0 saturated carbocycles. The molecule has 2 aromatic carbocycles. The van der Waals surface area contributed by atoms with Crippen LogP contribution in [-0.4, -0.2) is 17.0 Å². The Kier molecular flexibility index (Phi) is 5.42. The van der Waals surface area contributed by atoms with Crippen LogP contribution in [0, 0.1) is 17.0 Å². The number of halogens is 3. The number of hydrogen-bond donors (Lipinski definition) is 2. The monoisotopic (exact) mass is 367 g/mol. The number of anilines is 1.